The standard InChI is InChI=1S/C20H20ClFN2O/c21-14-5-7-15(8-6-14)23-9-11-24(12-10-23)20(25)18-13-17(18)16-3-1-2-4-19(16)22/h1-8,17-18H,9-13H2. The smallest absolute Gasteiger partial charge is 0.226 e. The van der Waals surface area contributed by atoms with Crippen LogP contribution < -0.4 is 4.90 Å². The fraction of sp³-hybridized carbons (Fsp3) is 0.350. The Morgan fingerprint density at radius 3 is 2.36 bits per heavy atom. The number of benzene rings is 2. The first kappa shape index (κ1) is 16.4. The number of carbonyl (C=O) groups is 1. The minimum Gasteiger partial charge on any atom is -0.368 e. The number of amides is 1. The third-order valence-corrected chi connectivity index (χ3v) is 5.45. The van der Waals surface area contributed by atoms with Gasteiger partial charge in [-0.1, -0.05) is 29.8 Å². The summed E-state index contributed by atoms with van der Waals surface area (Å²) in [6.07, 6.45) is 0.761. The van der Waals surface area contributed by atoms with Crippen LogP contribution in [0.2, 0.25) is 5.02 Å². The van der Waals surface area contributed by atoms with Crippen molar-refractivity contribution in [2.75, 3.05) is 31.1 Å². The first-order valence-electron chi connectivity index (χ1n) is 8.67. The maximum absolute atomic E-state index is 13.9. The Kier molecular flexibility index (Phi) is 4.38. The molecule has 3 nitrogen and oxygen atoms in total. The maximum atomic E-state index is 13.9. The third-order valence-electron chi connectivity index (χ3n) is 5.20. The summed E-state index contributed by atoms with van der Waals surface area (Å²) in [6.45, 7) is 3.04. The second kappa shape index (κ2) is 6.68. The van der Waals surface area contributed by atoms with E-state index in [4.69, 9.17) is 11.6 Å². The topological polar surface area (TPSA) is 23.6 Å². The van der Waals surface area contributed by atoms with E-state index in [1.807, 2.05) is 35.2 Å². The average Bonchev–Trinajstić information content (AvgIpc) is 3.43. The van der Waals surface area contributed by atoms with E-state index in [1.165, 1.54) is 6.07 Å². The molecular formula is C20H20ClFN2O. The van der Waals surface area contributed by atoms with Gasteiger partial charge < -0.3 is 9.80 Å². The summed E-state index contributed by atoms with van der Waals surface area (Å²) >= 11 is 5.93. The maximum Gasteiger partial charge on any atom is 0.226 e. The van der Waals surface area contributed by atoms with Gasteiger partial charge in [0.25, 0.3) is 0 Å². The number of rotatable bonds is 3. The Hall–Kier alpha value is -2.07. The summed E-state index contributed by atoms with van der Waals surface area (Å²) < 4.78 is 13.9. The lowest BCUT2D eigenvalue weighted by molar-refractivity contribution is -0.132. The molecule has 1 saturated heterocycles. The van der Waals surface area contributed by atoms with Crippen LogP contribution in [0.3, 0.4) is 0 Å². The van der Waals surface area contributed by atoms with Crippen molar-refractivity contribution in [2.24, 2.45) is 5.92 Å². The summed E-state index contributed by atoms with van der Waals surface area (Å²) in [4.78, 5) is 16.9. The summed E-state index contributed by atoms with van der Waals surface area (Å²) in [7, 11) is 0. The molecular weight excluding hydrogens is 339 g/mol. The summed E-state index contributed by atoms with van der Waals surface area (Å²) in [5.41, 5.74) is 1.81. The van der Waals surface area contributed by atoms with Crippen LogP contribution in [0.25, 0.3) is 0 Å². The van der Waals surface area contributed by atoms with Gasteiger partial charge in [0.15, 0.2) is 0 Å². The number of piperazine rings is 1. The number of halogens is 2. The molecule has 0 N–H and O–H groups in total. The van der Waals surface area contributed by atoms with Crippen LogP contribution in [0.5, 0.6) is 0 Å². The van der Waals surface area contributed by atoms with Crippen LogP contribution in [-0.4, -0.2) is 37.0 Å². The predicted octanol–water partition coefficient (Wildman–Crippen LogP) is 3.93. The van der Waals surface area contributed by atoms with Crippen LogP contribution in [0.1, 0.15) is 17.9 Å². The normalized spacial score (nSPS) is 22.8. The number of hydrogen-bond acceptors (Lipinski definition) is 2. The van der Waals surface area contributed by atoms with Crippen molar-refractivity contribution < 1.29 is 9.18 Å². The Labute approximate surface area is 152 Å². The number of carbonyl (C=O) groups excluding carboxylic acids is 1. The second-order valence-electron chi connectivity index (χ2n) is 6.76. The molecule has 1 amide bonds. The van der Waals surface area contributed by atoms with Crippen LogP contribution in [-0.2, 0) is 4.79 Å². The Bertz CT molecular complexity index is 772. The van der Waals surface area contributed by atoms with E-state index >= 15 is 0 Å². The minimum absolute atomic E-state index is 0.0444. The quantitative estimate of drug-likeness (QED) is 0.830. The minimum atomic E-state index is -0.199. The van der Waals surface area contributed by atoms with Gasteiger partial charge in [0.1, 0.15) is 5.82 Å². The molecule has 5 heteroatoms. The zero-order valence-corrected chi connectivity index (χ0v) is 14.6. The Morgan fingerprint density at radius 2 is 1.68 bits per heavy atom. The highest BCUT2D eigenvalue weighted by atomic mass is 35.5. The molecule has 0 aromatic heterocycles. The zero-order chi connectivity index (χ0) is 17.4. The van der Waals surface area contributed by atoms with Crippen LogP contribution in [0.4, 0.5) is 10.1 Å². The van der Waals surface area contributed by atoms with Crippen molar-refractivity contribution in [3.05, 3.63) is 64.9 Å². The van der Waals surface area contributed by atoms with Crippen LogP contribution >= 0.6 is 11.6 Å². The van der Waals surface area contributed by atoms with Gasteiger partial charge in [0.05, 0.1) is 0 Å². The van der Waals surface area contributed by atoms with Gasteiger partial charge in [0, 0.05) is 42.8 Å². The zero-order valence-electron chi connectivity index (χ0n) is 13.9. The van der Waals surface area contributed by atoms with Crippen molar-refractivity contribution in [2.45, 2.75) is 12.3 Å². The SMILES string of the molecule is O=C(C1CC1c1ccccc1F)N1CCN(c2ccc(Cl)cc2)CC1. The van der Waals surface area contributed by atoms with Gasteiger partial charge in [0.2, 0.25) is 5.91 Å². The van der Waals surface area contributed by atoms with Gasteiger partial charge in [-0.25, -0.2) is 4.39 Å². The molecule has 0 spiro atoms. The number of anilines is 1. The molecule has 25 heavy (non-hydrogen) atoms. The van der Waals surface area contributed by atoms with Crippen molar-refractivity contribution in [1.29, 1.82) is 0 Å². The molecule has 1 saturated carbocycles. The molecule has 2 aliphatic rings. The fourth-order valence-electron chi connectivity index (χ4n) is 3.66. The van der Waals surface area contributed by atoms with E-state index in [-0.39, 0.29) is 23.6 Å². The molecule has 130 valence electrons. The summed E-state index contributed by atoms with van der Waals surface area (Å²) in [6, 6.07) is 14.6. The number of nitrogens with zero attached hydrogens (tertiary/aromatic N) is 2. The first-order valence-corrected chi connectivity index (χ1v) is 9.05. The summed E-state index contributed by atoms with van der Waals surface area (Å²) in [5.74, 6) is -0.0404. The molecule has 2 aromatic carbocycles. The highest BCUT2D eigenvalue weighted by Crippen LogP contribution is 2.49. The van der Waals surface area contributed by atoms with E-state index in [0.29, 0.717) is 18.7 Å². The van der Waals surface area contributed by atoms with Gasteiger partial charge in [-0.05, 0) is 48.2 Å². The van der Waals surface area contributed by atoms with Gasteiger partial charge in [-0.2, -0.15) is 0 Å². The third kappa shape index (κ3) is 3.36. The largest absolute Gasteiger partial charge is 0.368 e. The summed E-state index contributed by atoms with van der Waals surface area (Å²) in [5, 5.41) is 0.727. The second-order valence-corrected chi connectivity index (χ2v) is 7.20. The van der Waals surface area contributed by atoms with Crippen molar-refractivity contribution in [1.82, 2.24) is 4.90 Å². The molecule has 1 aliphatic heterocycles. The van der Waals surface area contributed by atoms with Crippen molar-refractivity contribution >= 4 is 23.2 Å². The van der Waals surface area contributed by atoms with Gasteiger partial charge in [-0.3, -0.25) is 4.79 Å². The van der Waals surface area contributed by atoms with Crippen LogP contribution in [0.15, 0.2) is 48.5 Å². The molecule has 2 aromatic rings. The molecule has 4 rings (SSSR count). The molecule has 2 fully saturated rings. The van der Waals surface area contributed by atoms with Crippen LogP contribution in [0, 0.1) is 11.7 Å². The van der Waals surface area contributed by atoms with E-state index in [0.717, 1.165) is 30.2 Å². The Morgan fingerprint density at radius 1 is 1.00 bits per heavy atom. The molecule has 0 radical (unpaired) electrons. The highest BCUT2D eigenvalue weighted by molar-refractivity contribution is 6.30. The highest BCUT2D eigenvalue weighted by Gasteiger charge is 2.47. The molecule has 2 unspecified atom stereocenters. The van der Waals surface area contributed by atoms with Gasteiger partial charge in [-0.15, -0.1) is 0 Å². The molecule has 0 bridgehead atoms. The van der Waals surface area contributed by atoms with Crippen molar-refractivity contribution in [3.8, 4) is 0 Å². The predicted molar refractivity (Wildman–Crippen MR) is 97.5 cm³/mol. The van der Waals surface area contributed by atoms with E-state index < -0.39 is 0 Å². The molecule has 2 atom stereocenters. The molecule has 1 aliphatic carbocycles. The lowest BCUT2D eigenvalue weighted by Gasteiger charge is -2.36. The van der Waals surface area contributed by atoms with Gasteiger partial charge >= 0.3 is 0 Å². The number of hydrogen-bond donors (Lipinski definition) is 0. The Balaban J connectivity index is 1.35. The fourth-order valence-corrected chi connectivity index (χ4v) is 3.78. The average molecular weight is 359 g/mol. The lowest BCUT2D eigenvalue weighted by atomic mass is 10.1. The monoisotopic (exact) mass is 358 g/mol. The van der Waals surface area contributed by atoms with E-state index in [2.05, 4.69) is 4.90 Å². The van der Waals surface area contributed by atoms with E-state index in [9.17, 15) is 9.18 Å². The van der Waals surface area contributed by atoms with E-state index in [1.54, 1.807) is 12.1 Å². The molecule has 1 heterocycles. The lowest BCUT2D eigenvalue weighted by Crippen LogP contribution is -2.49. The van der Waals surface area contributed by atoms with Crippen molar-refractivity contribution in [3.63, 3.8) is 0 Å². The first-order chi connectivity index (χ1) is 12.1.